The Morgan fingerprint density at radius 1 is 1.24 bits per heavy atom. The van der Waals surface area contributed by atoms with E-state index in [2.05, 4.69) is 15.4 Å². The molecule has 0 saturated heterocycles. The van der Waals surface area contributed by atoms with Crippen LogP contribution in [-0.2, 0) is 0 Å². The number of hydrogen-bond acceptors (Lipinski definition) is 4. The summed E-state index contributed by atoms with van der Waals surface area (Å²) in [6.07, 6.45) is 2.92. The first-order valence-electron chi connectivity index (χ1n) is 7.26. The highest BCUT2D eigenvalue weighted by atomic mass is 35.5. The molecule has 4 aromatic rings. The van der Waals surface area contributed by atoms with Gasteiger partial charge in [-0.1, -0.05) is 17.7 Å². The fourth-order valence-corrected chi connectivity index (χ4v) is 3.60. The van der Waals surface area contributed by atoms with Gasteiger partial charge >= 0.3 is 0 Å². The Bertz CT molecular complexity index is 1080. The van der Waals surface area contributed by atoms with E-state index in [-0.39, 0.29) is 11.7 Å². The molecule has 0 saturated carbocycles. The number of benzene rings is 2. The van der Waals surface area contributed by atoms with Gasteiger partial charge in [0.15, 0.2) is 0 Å². The van der Waals surface area contributed by atoms with Gasteiger partial charge in [-0.3, -0.25) is 4.79 Å². The van der Waals surface area contributed by atoms with Crippen LogP contribution in [0.15, 0.2) is 55.1 Å². The molecular formula is C17H10ClFN4OS. The normalized spacial score (nSPS) is 11.0. The molecule has 0 atom stereocenters. The van der Waals surface area contributed by atoms with Gasteiger partial charge < -0.3 is 5.32 Å². The second kappa shape index (κ2) is 6.27. The zero-order valence-electron chi connectivity index (χ0n) is 12.6. The Labute approximate surface area is 150 Å². The van der Waals surface area contributed by atoms with Crippen LogP contribution < -0.4 is 5.32 Å². The van der Waals surface area contributed by atoms with Gasteiger partial charge in [0.2, 0.25) is 0 Å². The maximum absolute atomic E-state index is 13.8. The van der Waals surface area contributed by atoms with E-state index in [4.69, 9.17) is 11.6 Å². The average Bonchev–Trinajstić information content (AvgIpc) is 3.25. The smallest absolute Gasteiger partial charge is 0.265 e. The molecule has 1 N–H and O–H groups in total. The van der Waals surface area contributed by atoms with E-state index in [9.17, 15) is 9.18 Å². The van der Waals surface area contributed by atoms with Crippen LogP contribution in [0.2, 0.25) is 5.02 Å². The standard InChI is InChI=1S/C17H10ClFN4OS/c18-10-4-5-14(23-9-20-8-21-23)13(6-10)22-17(24)16-7-11-12(19)2-1-3-15(11)25-16/h1-9H,(H,22,24). The molecule has 4 rings (SSSR count). The molecule has 0 aliphatic carbocycles. The van der Waals surface area contributed by atoms with Gasteiger partial charge in [-0.25, -0.2) is 14.1 Å². The molecule has 2 aromatic carbocycles. The first kappa shape index (κ1) is 15.7. The van der Waals surface area contributed by atoms with Crippen LogP contribution in [0.3, 0.4) is 0 Å². The summed E-state index contributed by atoms with van der Waals surface area (Å²) in [6, 6.07) is 11.4. The van der Waals surface area contributed by atoms with E-state index >= 15 is 0 Å². The molecule has 2 heterocycles. The molecule has 0 fully saturated rings. The van der Waals surface area contributed by atoms with E-state index in [0.717, 1.165) is 0 Å². The summed E-state index contributed by atoms with van der Waals surface area (Å²) in [5, 5.41) is 7.78. The average molecular weight is 373 g/mol. The van der Waals surface area contributed by atoms with Gasteiger partial charge in [0.1, 0.15) is 18.5 Å². The van der Waals surface area contributed by atoms with Crippen molar-refractivity contribution < 1.29 is 9.18 Å². The Morgan fingerprint density at radius 3 is 2.88 bits per heavy atom. The van der Waals surface area contributed by atoms with Crippen LogP contribution >= 0.6 is 22.9 Å². The second-order valence-electron chi connectivity index (χ2n) is 5.22. The van der Waals surface area contributed by atoms with Crippen LogP contribution in [0.25, 0.3) is 15.8 Å². The van der Waals surface area contributed by atoms with Crippen molar-refractivity contribution in [1.82, 2.24) is 14.8 Å². The van der Waals surface area contributed by atoms with Crippen molar-refractivity contribution >= 4 is 44.6 Å². The van der Waals surface area contributed by atoms with Crippen molar-refractivity contribution in [3.8, 4) is 5.69 Å². The summed E-state index contributed by atoms with van der Waals surface area (Å²) in [7, 11) is 0. The molecule has 1 amide bonds. The summed E-state index contributed by atoms with van der Waals surface area (Å²) in [6.45, 7) is 0. The van der Waals surface area contributed by atoms with Crippen LogP contribution in [0.4, 0.5) is 10.1 Å². The van der Waals surface area contributed by atoms with Gasteiger partial charge in [0, 0.05) is 15.1 Å². The maximum atomic E-state index is 13.8. The molecule has 0 unspecified atom stereocenters. The highest BCUT2D eigenvalue weighted by Gasteiger charge is 2.15. The molecule has 0 bridgehead atoms. The highest BCUT2D eigenvalue weighted by Crippen LogP contribution is 2.29. The van der Waals surface area contributed by atoms with E-state index < -0.39 is 0 Å². The number of anilines is 1. The van der Waals surface area contributed by atoms with Gasteiger partial charge in [0.25, 0.3) is 5.91 Å². The molecule has 124 valence electrons. The summed E-state index contributed by atoms with van der Waals surface area (Å²) in [5.41, 5.74) is 1.11. The summed E-state index contributed by atoms with van der Waals surface area (Å²) >= 11 is 7.28. The number of thiophene rings is 1. The number of nitrogens with one attached hydrogen (secondary N) is 1. The molecule has 0 aliphatic rings. The minimum absolute atomic E-state index is 0.343. The van der Waals surface area contributed by atoms with Crippen molar-refractivity contribution in [2.45, 2.75) is 0 Å². The number of hydrogen-bond donors (Lipinski definition) is 1. The molecule has 2 aromatic heterocycles. The monoisotopic (exact) mass is 372 g/mol. The fraction of sp³-hybridized carbons (Fsp3) is 0. The third kappa shape index (κ3) is 2.99. The number of rotatable bonds is 3. The number of amides is 1. The molecular weight excluding hydrogens is 363 g/mol. The topological polar surface area (TPSA) is 59.8 Å². The molecule has 8 heteroatoms. The number of halogens is 2. The number of carbonyl (C=O) groups excluding carboxylic acids is 1. The summed E-state index contributed by atoms with van der Waals surface area (Å²) < 4.78 is 16.1. The van der Waals surface area contributed by atoms with Gasteiger partial charge in [-0.15, -0.1) is 11.3 Å². The highest BCUT2D eigenvalue weighted by molar-refractivity contribution is 7.20. The number of aromatic nitrogens is 3. The lowest BCUT2D eigenvalue weighted by atomic mass is 10.2. The van der Waals surface area contributed by atoms with Gasteiger partial charge in [-0.05, 0) is 36.4 Å². The number of fused-ring (bicyclic) bond motifs is 1. The predicted molar refractivity (Wildman–Crippen MR) is 96.1 cm³/mol. The molecule has 25 heavy (non-hydrogen) atoms. The molecule has 5 nitrogen and oxygen atoms in total. The van der Waals surface area contributed by atoms with Crippen LogP contribution in [-0.4, -0.2) is 20.7 Å². The van der Waals surface area contributed by atoms with E-state index in [1.54, 1.807) is 36.4 Å². The quantitative estimate of drug-likeness (QED) is 0.575. The van der Waals surface area contributed by atoms with Crippen molar-refractivity contribution in [2.24, 2.45) is 0 Å². The zero-order valence-corrected chi connectivity index (χ0v) is 14.2. The minimum atomic E-state index is -0.348. The van der Waals surface area contributed by atoms with E-state index in [0.29, 0.717) is 31.4 Å². The third-order valence-corrected chi connectivity index (χ3v) is 4.94. The Hall–Kier alpha value is -2.77. The first-order valence-corrected chi connectivity index (χ1v) is 8.45. The number of nitrogens with zero attached hydrogens (tertiary/aromatic N) is 3. The first-order chi connectivity index (χ1) is 12.1. The van der Waals surface area contributed by atoms with Gasteiger partial charge in [-0.2, -0.15) is 5.10 Å². The lowest BCUT2D eigenvalue weighted by molar-refractivity contribution is 0.103. The second-order valence-corrected chi connectivity index (χ2v) is 6.74. The summed E-state index contributed by atoms with van der Waals surface area (Å²) in [5.74, 6) is -0.692. The van der Waals surface area contributed by atoms with Crippen molar-refractivity contribution in [1.29, 1.82) is 0 Å². The molecule has 0 radical (unpaired) electrons. The Kier molecular flexibility index (Phi) is 3.95. The largest absolute Gasteiger partial charge is 0.319 e. The minimum Gasteiger partial charge on any atom is -0.319 e. The maximum Gasteiger partial charge on any atom is 0.265 e. The lowest BCUT2D eigenvalue weighted by Gasteiger charge is -2.10. The Morgan fingerprint density at radius 2 is 2.12 bits per heavy atom. The van der Waals surface area contributed by atoms with Crippen LogP contribution in [0.1, 0.15) is 9.67 Å². The van der Waals surface area contributed by atoms with Gasteiger partial charge in [0.05, 0.1) is 16.3 Å². The van der Waals surface area contributed by atoms with Crippen molar-refractivity contribution in [3.63, 3.8) is 0 Å². The summed E-state index contributed by atoms with van der Waals surface area (Å²) in [4.78, 5) is 16.9. The SMILES string of the molecule is O=C(Nc1cc(Cl)ccc1-n1cncn1)c1cc2c(F)cccc2s1. The lowest BCUT2D eigenvalue weighted by Crippen LogP contribution is -2.12. The predicted octanol–water partition coefficient (Wildman–Crippen LogP) is 4.53. The van der Waals surface area contributed by atoms with Crippen LogP contribution in [0.5, 0.6) is 0 Å². The fourth-order valence-electron chi connectivity index (χ4n) is 2.46. The Balaban J connectivity index is 1.70. The zero-order chi connectivity index (χ0) is 17.4. The molecule has 0 spiro atoms. The van der Waals surface area contributed by atoms with E-state index in [1.165, 1.54) is 34.7 Å². The van der Waals surface area contributed by atoms with Crippen molar-refractivity contribution in [2.75, 3.05) is 5.32 Å². The third-order valence-electron chi connectivity index (χ3n) is 3.60. The number of carbonyl (C=O) groups is 1. The molecule has 0 aliphatic heterocycles. The van der Waals surface area contributed by atoms with Crippen LogP contribution in [0, 0.1) is 5.82 Å². The van der Waals surface area contributed by atoms with Crippen molar-refractivity contribution in [3.05, 3.63) is 70.8 Å². The van der Waals surface area contributed by atoms with E-state index in [1.807, 2.05) is 0 Å².